The van der Waals surface area contributed by atoms with E-state index in [1.807, 2.05) is 12.1 Å². The second-order valence-corrected chi connectivity index (χ2v) is 5.95. The molecule has 1 unspecified atom stereocenters. The van der Waals surface area contributed by atoms with Crippen LogP contribution in [0.3, 0.4) is 0 Å². The molecule has 3 aromatic rings. The largest absolute Gasteiger partial charge is 0.383 e. The fourth-order valence-electron chi connectivity index (χ4n) is 3.23. The van der Waals surface area contributed by atoms with Gasteiger partial charge in [-0.05, 0) is 41.5 Å². The molecule has 0 bridgehead atoms. The minimum Gasteiger partial charge on any atom is -0.383 e. The average molecular weight is 301 g/mol. The second-order valence-electron chi connectivity index (χ2n) is 5.95. The summed E-state index contributed by atoms with van der Waals surface area (Å²) in [4.78, 5) is 6.78. The van der Waals surface area contributed by atoms with E-state index in [-0.39, 0.29) is 6.04 Å². The van der Waals surface area contributed by atoms with Crippen LogP contribution in [-0.2, 0) is 0 Å². The van der Waals surface area contributed by atoms with Crippen molar-refractivity contribution in [3.05, 3.63) is 77.9 Å². The normalized spacial score (nSPS) is 15.2. The number of nitrogens with two attached hydrogens (primary N) is 1. The number of aliphatic imine (C=N–C) groups is 1. The molecule has 23 heavy (non-hydrogen) atoms. The summed E-state index contributed by atoms with van der Waals surface area (Å²) < 4.78 is 0. The summed E-state index contributed by atoms with van der Waals surface area (Å²) >= 11 is 0. The summed E-state index contributed by atoms with van der Waals surface area (Å²) in [5, 5.41) is 2.54. The van der Waals surface area contributed by atoms with Gasteiger partial charge in [-0.2, -0.15) is 0 Å². The highest BCUT2D eigenvalue weighted by atomic mass is 15.2. The van der Waals surface area contributed by atoms with E-state index in [2.05, 4.69) is 71.4 Å². The maximum Gasteiger partial charge on any atom is 0.129 e. The SMILES string of the molecule is CC(c1ccc2ccccc2c1)N1CN=C(N)c2ccccc21. The minimum absolute atomic E-state index is 0.234. The zero-order valence-corrected chi connectivity index (χ0v) is 13.1. The van der Waals surface area contributed by atoms with Gasteiger partial charge in [0.15, 0.2) is 0 Å². The molecule has 4 rings (SSSR count). The van der Waals surface area contributed by atoms with Crippen LogP contribution >= 0.6 is 0 Å². The van der Waals surface area contributed by atoms with Crippen LogP contribution in [0.15, 0.2) is 71.7 Å². The van der Waals surface area contributed by atoms with Crippen molar-refractivity contribution < 1.29 is 0 Å². The van der Waals surface area contributed by atoms with Gasteiger partial charge in [-0.25, -0.2) is 4.99 Å². The second kappa shape index (κ2) is 5.43. The first-order valence-electron chi connectivity index (χ1n) is 7.89. The van der Waals surface area contributed by atoms with Gasteiger partial charge in [0, 0.05) is 11.3 Å². The number of rotatable bonds is 2. The van der Waals surface area contributed by atoms with Gasteiger partial charge in [0.05, 0.1) is 6.04 Å². The average Bonchev–Trinajstić information content (AvgIpc) is 2.61. The maximum atomic E-state index is 6.05. The lowest BCUT2D eigenvalue weighted by atomic mass is 10.00. The van der Waals surface area contributed by atoms with Crippen LogP contribution in [0.2, 0.25) is 0 Å². The molecular weight excluding hydrogens is 282 g/mol. The summed E-state index contributed by atoms with van der Waals surface area (Å²) in [5.74, 6) is 0.627. The number of amidine groups is 1. The monoisotopic (exact) mass is 301 g/mol. The summed E-state index contributed by atoms with van der Waals surface area (Å²) in [5.41, 5.74) is 9.50. The number of para-hydroxylation sites is 1. The van der Waals surface area contributed by atoms with Crippen LogP contribution in [-0.4, -0.2) is 12.5 Å². The quantitative estimate of drug-likeness (QED) is 0.775. The van der Waals surface area contributed by atoms with Crippen molar-refractivity contribution in [2.75, 3.05) is 11.6 Å². The van der Waals surface area contributed by atoms with Crippen LogP contribution in [0.4, 0.5) is 5.69 Å². The Balaban J connectivity index is 1.75. The van der Waals surface area contributed by atoms with Gasteiger partial charge in [-0.1, -0.05) is 48.5 Å². The molecule has 0 aromatic heterocycles. The Morgan fingerprint density at radius 1 is 0.957 bits per heavy atom. The first kappa shape index (κ1) is 13.8. The van der Waals surface area contributed by atoms with Crippen molar-refractivity contribution in [1.82, 2.24) is 0 Å². The van der Waals surface area contributed by atoms with Gasteiger partial charge < -0.3 is 10.6 Å². The number of nitrogens with zero attached hydrogens (tertiary/aromatic N) is 2. The van der Waals surface area contributed by atoms with Gasteiger partial charge in [-0.3, -0.25) is 0 Å². The van der Waals surface area contributed by atoms with Gasteiger partial charge >= 0.3 is 0 Å². The van der Waals surface area contributed by atoms with Crippen molar-refractivity contribution in [3.8, 4) is 0 Å². The van der Waals surface area contributed by atoms with E-state index in [9.17, 15) is 0 Å². The Labute approximate surface area is 136 Å². The molecule has 114 valence electrons. The zero-order chi connectivity index (χ0) is 15.8. The van der Waals surface area contributed by atoms with Crippen molar-refractivity contribution in [3.63, 3.8) is 0 Å². The Morgan fingerprint density at radius 2 is 1.70 bits per heavy atom. The Morgan fingerprint density at radius 3 is 2.57 bits per heavy atom. The standard InChI is InChI=1S/C20H19N3/c1-14(16-11-10-15-6-2-3-7-17(15)12-16)23-13-22-20(21)18-8-4-5-9-19(18)23/h2-12,14H,13H2,1H3,(H2,21,22). The van der Waals surface area contributed by atoms with Crippen LogP contribution in [0.5, 0.6) is 0 Å². The van der Waals surface area contributed by atoms with Crippen LogP contribution in [0.25, 0.3) is 10.8 Å². The third-order valence-electron chi connectivity index (χ3n) is 4.61. The van der Waals surface area contributed by atoms with Crippen molar-refractivity contribution >= 4 is 22.3 Å². The Hall–Kier alpha value is -2.81. The fourth-order valence-corrected chi connectivity index (χ4v) is 3.23. The first-order chi connectivity index (χ1) is 11.2. The highest BCUT2D eigenvalue weighted by molar-refractivity contribution is 6.03. The highest BCUT2D eigenvalue weighted by Gasteiger charge is 2.23. The molecule has 0 fully saturated rings. The zero-order valence-electron chi connectivity index (χ0n) is 13.1. The number of hydrogen-bond donors (Lipinski definition) is 1. The van der Waals surface area contributed by atoms with Crippen LogP contribution in [0, 0.1) is 0 Å². The Kier molecular flexibility index (Phi) is 3.27. The summed E-state index contributed by atoms with van der Waals surface area (Å²) in [7, 11) is 0. The molecule has 3 heteroatoms. The molecule has 0 amide bonds. The molecule has 0 aliphatic carbocycles. The lowest BCUT2D eigenvalue weighted by Gasteiger charge is -2.34. The molecular formula is C20H19N3. The smallest absolute Gasteiger partial charge is 0.129 e. The molecule has 1 heterocycles. The third kappa shape index (κ3) is 2.34. The molecule has 0 radical (unpaired) electrons. The maximum absolute atomic E-state index is 6.05. The molecule has 0 saturated carbocycles. The topological polar surface area (TPSA) is 41.6 Å². The summed E-state index contributed by atoms with van der Waals surface area (Å²) in [6.45, 7) is 2.81. The van der Waals surface area contributed by atoms with E-state index in [0.29, 0.717) is 12.5 Å². The van der Waals surface area contributed by atoms with E-state index in [1.54, 1.807) is 0 Å². The van der Waals surface area contributed by atoms with E-state index in [0.717, 1.165) is 11.3 Å². The van der Waals surface area contributed by atoms with E-state index in [4.69, 9.17) is 5.73 Å². The van der Waals surface area contributed by atoms with E-state index >= 15 is 0 Å². The molecule has 2 N–H and O–H groups in total. The van der Waals surface area contributed by atoms with Crippen molar-refractivity contribution in [1.29, 1.82) is 0 Å². The summed E-state index contributed by atoms with van der Waals surface area (Å²) in [6.07, 6.45) is 0. The molecule has 3 nitrogen and oxygen atoms in total. The molecule has 0 spiro atoms. The molecule has 0 saturated heterocycles. The van der Waals surface area contributed by atoms with Gasteiger partial charge in [0.1, 0.15) is 12.5 Å². The first-order valence-corrected chi connectivity index (χ1v) is 7.89. The lowest BCUT2D eigenvalue weighted by molar-refractivity contribution is 0.675. The molecule has 1 aliphatic rings. The predicted molar refractivity (Wildman–Crippen MR) is 96.9 cm³/mol. The number of benzene rings is 3. The van der Waals surface area contributed by atoms with Crippen molar-refractivity contribution in [2.24, 2.45) is 10.7 Å². The number of anilines is 1. The van der Waals surface area contributed by atoms with Gasteiger partial charge in [0.2, 0.25) is 0 Å². The summed E-state index contributed by atoms with van der Waals surface area (Å²) in [6, 6.07) is 23.6. The van der Waals surface area contributed by atoms with Gasteiger partial charge in [-0.15, -0.1) is 0 Å². The fraction of sp³-hybridized carbons (Fsp3) is 0.150. The number of fused-ring (bicyclic) bond motifs is 2. The molecule has 1 atom stereocenters. The highest BCUT2D eigenvalue weighted by Crippen LogP contribution is 2.32. The lowest BCUT2D eigenvalue weighted by Crippen LogP contribution is -2.34. The van der Waals surface area contributed by atoms with Crippen LogP contribution in [0.1, 0.15) is 24.1 Å². The predicted octanol–water partition coefficient (Wildman–Crippen LogP) is 4.08. The van der Waals surface area contributed by atoms with Gasteiger partial charge in [0.25, 0.3) is 0 Å². The Bertz CT molecular complexity index is 898. The third-order valence-corrected chi connectivity index (χ3v) is 4.61. The van der Waals surface area contributed by atoms with Crippen molar-refractivity contribution in [2.45, 2.75) is 13.0 Å². The minimum atomic E-state index is 0.234. The van der Waals surface area contributed by atoms with E-state index < -0.39 is 0 Å². The van der Waals surface area contributed by atoms with E-state index in [1.165, 1.54) is 16.3 Å². The van der Waals surface area contributed by atoms with Crippen LogP contribution < -0.4 is 10.6 Å². The molecule has 3 aromatic carbocycles. The number of hydrogen-bond acceptors (Lipinski definition) is 3. The molecule has 1 aliphatic heterocycles.